The molecule has 0 aliphatic carbocycles. The van der Waals surface area contributed by atoms with Crippen LogP contribution in [-0.4, -0.2) is 35.9 Å². The molecule has 1 aromatic carbocycles. The van der Waals surface area contributed by atoms with Crippen molar-refractivity contribution >= 4 is 11.8 Å². The van der Waals surface area contributed by atoms with Crippen LogP contribution in [0.4, 0.5) is 5.88 Å². The van der Waals surface area contributed by atoms with Crippen LogP contribution >= 0.6 is 0 Å². The van der Waals surface area contributed by atoms with Crippen molar-refractivity contribution in [1.82, 2.24) is 4.90 Å². The van der Waals surface area contributed by atoms with Crippen LogP contribution in [0.1, 0.15) is 10.6 Å². The van der Waals surface area contributed by atoms with Crippen LogP contribution in [0.2, 0.25) is 0 Å². The molecule has 1 amide bonds. The Morgan fingerprint density at radius 1 is 1.29 bits per heavy atom. The Balaban J connectivity index is 1.86. The summed E-state index contributed by atoms with van der Waals surface area (Å²) in [5, 5.41) is 10.5. The molecule has 0 saturated heterocycles. The third kappa shape index (κ3) is 3.82. The van der Waals surface area contributed by atoms with Gasteiger partial charge in [0.05, 0.1) is 12.6 Å². The largest absolute Gasteiger partial charge is 0.492 e. The molecule has 1 aromatic heterocycles. The summed E-state index contributed by atoms with van der Waals surface area (Å²) >= 11 is 0. The highest BCUT2D eigenvalue weighted by Gasteiger charge is 2.20. The summed E-state index contributed by atoms with van der Waals surface area (Å²) in [7, 11) is 1.57. The van der Waals surface area contributed by atoms with E-state index in [0.29, 0.717) is 18.9 Å². The molecule has 0 fully saturated rings. The van der Waals surface area contributed by atoms with E-state index < -0.39 is 16.7 Å². The Hall–Kier alpha value is -2.83. The fraction of sp³-hybridized carbons (Fsp3) is 0.214. The standard InChI is InChI=1S/C14H14N2O5/c1-15(9-10-20-11-5-3-2-4-6-11)14(17)12-7-8-13(21-12)16(18)19/h2-8H,9-10H2,1H3. The molecule has 1 heterocycles. The van der Waals surface area contributed by atoms with Gasteiger partial charge in [-0.25, -0.2) is 0 Å². The second-order valence-electron chi connectivity index (χ2n) is 4.28. The lowest BCUT2D eigenvalue weighted by atomic mass is 10.3. The molecule has 2 rings (SSSR count). The maximum absolute atomic E-state index is 12.0. The molecule has 0 bridgehead atoms. The molecular formula is C14H14N2O5. The number of rotatable bonds is 6. The van der Waals surface area contributed by atoms with E-state index in [9.17, 15) is 14.9 Å². The van der Waals surface area contributed by atoms with Crippen molar-refractivity contribution in [2.24, 2.45) is 0 Å². The Morgan fingerprint density at radius 3 is 2.62 bits per heavy atom. The van der Waals surface area contributed by atoms with Crippen molar-refractivity contribution in [2.75, 3.05) is 20.2 Å². The van der Waals surface area contributed by atoms with Crippen LogP contribution in [0.15, 0.2) is 46.9 Å². The topological polar surface area (TPSA) is 85.8 Å². The molecule has 0 unspecified atom stereocenters. The number of benzene rings is 1. The zero-order valence-corrected chi connectivity index (χ0v) is 11.4. The molecule has 0 N–H and O–H groups in total. The molecule has 110 valence electrons. The van der Waals surface area contributed by atoms with Gasteiger partial charge >= 0.3 is 5.88 Å². The number of nitro groups is 1. The summed E-state index contributed by atoms with van der Waals surface area (Å²) in [6, 6.07) is 11.7. The number of likely N-dealkylation sites (N-methyl/N-ethyl adjacent to an activating group) is 1. The maximum atomic E-state index is 12.0. The van der Waals surface area contributed by atoms with E-state index in [0.717, 1.165) is 6.07 Å². The third-order valence-electron chi connectivity index (χ3n) is 2.77. The van der Waals surface area contributed by atoms with Gasteiger partial charge in [0, 0.05) is 7.05 Å². The smallest absolute Gasteiger partial charge is 0.433 e. The third-order valence-corrected chi connectivity index (χ3v) is 2.77. The second-order valence-corrected chi connectivity index (χ2v) is 4.28. The summed E-state index contributed by atoms with van der Waals surface area (Å²) in [5.74, 6) is -0.233. The van der Waals surface area contributed by atoms with Crippen molar-refractivity contribution in [1.29, 1.82) is 0 Å². The van der Waals surface area contributed by atoms with Crippen LogP contribution in [0.25, 0.3) is 0 Å². The first-order chi connectivity index (χ1) is 10.1. The van der Waals surface area contributed by atoms with Gasteiger partial charge in [-0.15, -0.1) is 0 Å². The highest BCUT2D eigenvalue weighted by atomic mass is 16.6. The number of furan rings is 1. The molecule has 0 atom stereocenters. The summed E-state index contributed by atoms with van der Waals surface area (Å²) < 4.78 is 10.3. The second kappa shape index (κ2) is 6.56. The molecule has 0 spiro atoms. The van der Waals surface area contributed by atoms with Gasteiger partial charge in [0.15, 0.2) is 5.76 Å². The van der Waals surface area contributed by atoms with Gasteiger partial charge in [-0.05, 0) is 18.2 Å². The minimum Gasteiger partial charge on any atom is -0.492 e. The Kier molecular flexibility index (Phi) is 4.55. The normalized spacial score (nSPS) is 10.1. The fourth-order valence-electron chi connectivity index (χ4n) is 1.65. The van der Waals surface area contributed by atoms with Gasteiger partial charge in [0.1, 0.15) is 17.3 Å². The first kappa shape index (κ1) is 14.6. The van der Waals surface area contributed by atoms with Crippen molar-refractivity contribution < 1.29 is 18.9 Å². The lowest BCUT2D eigenvalue weighted by Gasteiger charge is -2.15. The zero-order chi connectivity index (χ0) is 15.2. The molecule has 0 saturated carbocycles. The predicted octanol–water partition coefficient (Wildman–Crippen LogP) is 2.34. The average molecular weight is 290 g/mol. The van der Waals surface area contributed by atoms with Gasteiger partial charge in [-0.1, -0.05) is 18.2 Å². The molecule has 0 aliphatic rings. The molecule has 7 nitrogen and oxygen atoms in total. The number of para-hydroxylation sites is 1. The number of carbonyl (C=O) groups excluding carboxylic acids is 1. The van der Waals surface area contributed by atoms with E-state index in [1.54, 1.807) is 7.05 Å². The molecule has 0 radical (unpaired) electrons. The molecule has 0 aliphatic heterocycles. The monoisotopic (exact) mass is 290 g/mol. The van der Waals surface area contributed by atoms with Gasteiger partial charge in [0.25, 0.3) is 5.91 Å². The van der Waals surface area contributed by atoms with Crippen LogP contribution in [0, 0.1) is 10.1 Å². The Morgan fingerprint density at radius 2 is 2.00 bits per heavy atom. The zero-order valence-electron chi connectivity index (χ0n) is 11.4. The first-order valence-corrected chi connectivity index (χ1v) is 6.25. The van der Waals surface area contributed by atoms with E-state index in [-0.39, 0.29) is 5.76 Å². The number of amides is 1. The quantitative estimate of drug-likeness (QED) is 0.602. The van der Waals surface area contributed by atoms with Gasteiger partial charge in [0.2, 0.25) is 0 Å². The summed E-state index contributed by atoms with van der Waals surface area (Å²) in [4.78, 5) is 23.2. The van der Waals surface area contributed by atoms with E-state index >= 15 is 0 Å². The average Bonchev–Trinajstić information content (AvgIpc) is 2.97. The van der Waals surface area contributed by atoms with Gasteiger partial charge in [-0.3, -0.25) is 14.9 Å². The van der Waals surface area contributed by atoms with Crippen LogP contribution < -0.4 is 4.74 Å². The Labute approximate surface area is 120 Å². The molecule has 7 heteroatoms. The fourth-order valence-corrected chi connectivity index (χ4v) is 1.65. The van der Waals surface area contributed by atoms with Crippen molar-refractivity contribution in [3.63, 3.8) is 0 Å². The Bertz CT molecular complexity index is 623. The SMILES string of the molecule is CN(CCOc1ccccc1)C(=O)c1ccc([N+](=O)[O-])o1. The van der Waals surface area contributed by atoms with Crippen LogP contribution in [-0.2, 0) is 0 Å². The van der Waals surface area contributed by atoms with E-state index in [1.165, 1.54) is 11.0 Å². The number of hydrogen-bond donors (Lipinski definition) is 0. The molecule has 21 heavy (non-hydrogen) atoms. The van der Waals surface area contributed by atoms with E-state index in [4.69, 9.17) is 9.15 Å². The summed E-state index contributed by atoms with van der Waals surface area (Å²) in [5.41, 5.74) is 0. The van der Waals surface area contributed by atoms with Crippen molar-refractivity contribution in [2.45, 2.75) is 0 Å². The summed E-state index contributed by atoms with van der Waals surface area (Å²) in [6.07, 6.45) is 0. The maximum Gasteiger partial charge on any atom is 0.433 e. The van der Waals surface area contributed by atoms with Crippen molar-refractivity contribution in [3.8, 4) is 5.75 Å². The van der Waals surface area contributed by atoms with Crippen LogP contribution in [0.5, 0.6) is 5.75 Å². The minimum absolute atomic E-state index is 0.0658. The lowest BCUT2D eigenvalue weighted by molar-refractivity contribution is -0.402. The number of hydrogen-bond acceptors (Lipinski definition) is 5. The highest BCUT2D eigenvalue weighted by molar-refractivity contribution is 5.91. The van der Waals surface area contributed by atoms with E-state index in [2.05, 4.69) is 0 Å². The van der Waals surface area contributed by atoms with Gasteiger partial charge in [-0.2, -0.15) is 0 Å². The molecule has 2 aromatic rings. The minimum atomic E-state index is -0.685. The predicted molar refractivity (Wildman–Crippen MR) is 74.3 cm³/mol. The number of ether oxygens (including phenoxy) is 1. The highest BCUT2D eigenvalue weighted by Crippen LogP contribution is 2.16. The summed E-state index contributed by atoms with van der Waals surface area (Å²) in [6.45, 7) is 0.650. The first-order valence-electron chi connectivity index (χ1n) is 6.25. The molecular weight excluding hydrogens is 276 g/mol. The van der Waals surface area contributed by atoms with Gasteiger partial charge < -0.3 is 14.1 Å². The number of nitrogens with zero attached hydrogens (tertiary/aromatic N) is 2. The van der Waals surface area contributed by atoms with E-state index in [1.807, 2.05) is 30.3 Å². The lowest BCUT2D eigenvalue weighted by Crippen LogP contribution is -2.30. The van der Waals surface area contributed by atoms with Crippen LogP contribution in [0.3, 0.4) is 0 Å². The van der Waals surface area contributed by atoms with Crippen molar-refractivity contribution in [3.05, 3.63) is 58.3 Å². The number of carbonyl (C=O) groups is 1.